The average molecular weight is 629 g/mol. The normalized spacial score (nSPS) is 17.6. The van der Waals surface area contributed by atoms with Crippen molar-refractivity contribution in [3.8, 4) is 11.5 Å². The maximum atomic E-state index is 13.5. The fourth-order valence-electron chi connectivity index (χ4n) is 5.92. The van der Waals surface area contributed by atoms with Crippen LogP contribution in [0, 0.1) is 0 Å². The van der Waals surface area contributed by atoms with Crippen molar-refractivity contribution in [1.29, 1.82) is 0 Å². The first kappa shape index (κ1) is 28.4. The van der Waals surface area contributed by atoms with Crippen molar-refractivity contribution in [1.82, 2.24) is 4.90 Å². The third-order valence-corrected chi connectivity index (χ3v) is 8.41. The number of Topliss-reactive ketones (excluding diaryl/α,β-unsaturated/α-hetero) is 2. The molecular weight excluding hydrogens is 598 g/mol. The van der Waals surface area contributed by atoms with Gasteiger partial charge in [0.25, 0.3) is 0 Å². The maximum Gasteiger partial charge on any atom is 0.305 e. The highest BCUT2D eigenvalue weighted by molar-refractivity contribution is 9.10. The van der Waals surface area contributed by atoms with E-state index in [1.807, 2.05) is 42.2 Å². The van der Waals surface area contributed by atoms with Gasteiger partial charge in [0.15, 0.2) is 23.1 Å². The number of carbonyl (C=O) groups excluding carboxylic acids is 2. The predicted octanol–water partition coefficient (Wildman–Crippen LogP) is 6.97. The topological polar surface area (TPSA) is 93.1 Å². The number of rotatable bonds is 9. The second kappa shape index (κ2) is 12.2. The highest BCUT2D eigenvalue weighted by atomic mass is 79.9. The van der Waals surface area contributed by atoms with Crippen LogP contribution in [0.3, 0.4) is 0 Å². The van der Waals surface area contributed by atoms with Gasteiger partial charge in [-0.3, -0.25) is 14.4 Å². The van der Waals surface area contributed by atoms with Crippen LogP contribution in [0.2, 0.25) is 5.02 Å². The number of allylic oxidation sites excluding steroid dienone is 4. The van der Waals surface area contributed by atoms with Crippen molar-refractivity contribution >= 4 is 45.1 Å². The summed E-state index contributed by atoms with van der Waals surface area (Å²) in [6, 6.07) is 11.4. The van der Waals surface area contributed by atoms with Gasteiger partial charge < -0.3 is 19.5 Å². The van der Waals surface area contributed by atoms with Crippen LogP contribution in [0.25, 0.3) is 0 Å². The standard InChI is InChI=1S/C31H31BrClNO6/c1-2-39-26-16-19(15-21(33)31(26)40-17-18-9-11-20(32)12-10-18)28-29-22(5-3-7-24(29)35)34(14-13-27(37)38)23-6-4-8-25(36)30(23)28/h9-12,15-16,28H,2-8,13-14,17H2,1H3,(H,37,38). The lowest BCUT2D eigenvalue weighted by atomic mass is 9.71. The van der Waals surface area contributed by atoms with Gasteiger partial charge in [-0.15, -0.1) is 0 Å². The Kier molecular flexibility index (Phi) is 8.66. The summed E-state index contributed by atoms with van der Waals surface area (Å²) < 4.78 is 13.1. The van der Waals surface area contributed by atoms with E-state index >= 15 is 0 Å². The molecule has 0 amide bonds. The zero-order valence-electron chi connectivity index (χ0n) is 22.3. The van der Waals surface area contributed by atoms with Crippen LogP contribution in [0.5, 0.6) is 11.5 Å². The lowest BCUT2D eigenvalue weighted by Crippen LogP contribution is -2.39. The van der Waals surface area contributed by atoms with Gasteiger partial charge in [-0.2, -0.15) is 0 Å². The minimum atomic E-state index is -0.914. The first-order valence-electron chi connectivity index (χ1n) is 13.6. The largest absolute Gasteiger partial charge is 0.490 e. The Morgan fingerprint density at radius 3 is 2.20 bits per heavy atom. The molecule has 9 heteroatoms. The second-order valence-electron chi connectivity index (χ2n) is 10.2. The molecular formula is C31H31BrClNO6. The first-order chi connectivity index (χ1) is 19.3. The number of aliphatic carboxylic acids is 1. The van der Waals surface area contributed by atoms with Crippen LogP contribution >= 0.6 is 27.5 Å². The van der Waals surface area contributed by atoms with Gasteiger partial charge in [-0.05, 0) is 68.0 Å². The van der Waals surface area contributed by atoms with E-state index in [-0.39, 0.29) is 31.1 Å². The van der Waals surface area contributed by atoms with E-state index in [0.29, 0.717) is 78.4 Å². The molecule has 3 aliphatic rings. The molecule has 0 aromatic heterocycles. The summed E-state index contributed by atoms with van der Waals surface area (Å²) in [6.07, 6.45) is 3.39. The highest BCUT2D eigenvalue weighted by Crippen LogP contribution is 2.51. The third-order valence-electron chi connectivity index (χ3n) is 7.60. The van der Waals surface area contributed by atoms with Crippen molar-refractivity contribution in [3.63, 3.8) is 0 Å². The molecule has 210 valence electrons. The molecule has 0 spiro atoms. The number of carbonyl (C=O) groups is 3. The van der Waals surface area contributed by atoms with E-state index in [0.717, 1.165) is 21.4 Å². The monoisotopic (exact) mass is 627 g/mol. The van der Waals surface area contributed by atoms with Crippen LogP contribution in [0.1, 0.15) is 68.9 Å². The van der Waals surface area contributed by atoms with Crippen LogP contribution in [0.15, 0.2) is 63.4 Å². The molecule has 1 heterocycles. The van der Waals surface area contributed by atoms with Crippen molar-refractivity contribution in [2.45, 2.75) is 64.4 Å². The SMILES string of the molecule is CCOc1cc(C2C3=C(CCCC3=O)N(CCC(=O)O)C3=C2C(=O)CCC3)cc(Cl)c1OCc1ccc(Br)cc1. The van der Waals surface area contributed by atoms with Crippen LogP contribution in [0.4, 0.5) is 0 Å². The Hall–Kier alpha value is -3.10. The second-order valence-corrected chi connectivity index (χ2v) is 11.5. The number of carboxylic acids is 1. The number of ketones is 2. The van der Waals surface area contributed by atoms with E-state index in [2.05, 4.69) is 15.9 Å². The Bertz CT molecular complexity index is 1370. The van der Waals surface area contributed by atoms with E-state index in [9.17, 15) is 19.5 Å². The van der Waals surface area contributed by atoms with E-state index in [4.69, 9.17) is 21.1 Å². The number of carboxylic acid groups (broad SMARTS) is 1. The Morgan fingerprint density at radius 2 is 1.62 bits per heavy atom. The molecule has 5 rings (SSSR count). The van der Waals surface area contributed by atoms with Gasteiger partial charge in [-0.1, -0.05) is 39.7 Å². The Balaban J connectivity index is 1.60. The average Bonchev–Trinajstić information content (AvgIpc) is 2.92. The highest BCUT2D eigenvalue weighted by Gasteiger charge is 2.43. The molecule has 0 bridgehead atoms. The van der Waals surface area contributed by atoms with Gasteiger partial charge in [0.2, 0.25) is 0 Å². The first-order valence-corrected chi connectivity index (χ1v) is 14.8. The molecule has 0 radical (unpaired) electrons. The molecule has 0 atom stereocenters. The molecule has 1 N–H and O–H groups in total. The lowest BCUT2D eigenvalue weighted by molar-refractivity contribution is -0.137. The summed E-state index contributed by atoms with van der Waals surface area (Å²) in [5.74, 6) is -0.664. The molecule has 2 aromatic rings. The molecule has 2 aromatic carbocycles. The molecule has 1 aliphatic heterocycles. The number of benzene rings is 2. The van der Waals surface area contributed by atoms with Crippen LogP contribution in [-0.4, -0.2) is 40.7 Å². The number of hydrogen-bond donors (Lipinski definition) is 1. The zero-order valence-corrected chi connectivity index (χ0v) is 24.6. The van der Waals surface area contributed by atoms with Gasteiger partial charge in [0, 0.05) is 52.3 Å². The summed E-state index contributed by atoms with van der Waals surface area (Å²) in [5.41, 5.74) is 4.49. The van der Waals surface area contributed by atoms with Crippen molar-refractivity contribution < 1.29 is 29.0 Å². The van der Waals surface area contributed by atoms with E-state index < -0.39 is 11.9 Å². The van der Waals surface area contributed by atoms with Gasteiger partial charge in [0.05, 0.1) is 18.1 Å². The summed E-state index contributed by atoms with van der Waals surface area (Å²) in [7, 11) is 0. The minimum Gasteiger partial charge on any atom is -0.490 e. The molecule has 0 saturated carbocycles. The number of hydrogen-bond acceptors (Lipinski definition) is 6. The van der Waals surface area contributed by atoms with Crippen molar-refractivity contribution in [2.75, 3.05) is 13.2 Å². The summed E-state index contributed by atoms with van der Waals surface area (Å²) in [6.45, 7) is 2.77. The number of nitrogens with zero attached hydrogens (tertiary/aromatic N) is 1. The molecule has 7 nitrogen and oxygen atoms in total. The summed E-state index contributed by atoms with van der Waals surface area (Å²) in [4.78, 5) is 40.4. The smallest absolute Gasteiger partial charge is 0.305 e. The molecule has 40 heavy (non-hydrogen) atoms. The van der Waals surface area contributed by atoms with Crippen LogP contribution < -0.4 is 9.47 Å². The minimum absolute atomic E-state index is 0.0128. The number of halogens is 2. The Morgan fingerprint density at radius 1 is 1.00 bits per heavy atom. The quantitative estimate of drug-likeness (QED) is 0.321. The fourth-order valence-corrected chi connectivity index (χ4v) is 6.46. The lowest BCUT2D eigenvalue weighted by Gasteiger charge is -2.44. The predicted molar refractivity (Wildman–Crippen MR) is 155 cm³/mol. The summed E-state index contributed by atoms with van der Waals surface area (Å²) >= 11 is 10.3. The van der Waals surface area contributed by atoms with Crippen molar-refractivity contribution in [2.24, 2.45) is 0 Å². The third kappa shape index (κ3) is 5.70. The van der Waals surface area contributed by atoms with Gasteiger partial charge in [-0.25, -0.2) is 0 Å². The molecule has 0 saturated heterocycles. The van der Waals surface area contributed by atoms with Crippen LogP contribution in [-0.2, 0) is 21.0 Å². The maximum absolute atomic E-state index is 13.5. The zero-order chi connectivity index (χ0) is 28.4. The van der Waals surface area contributed by atoms with E-state index in [1.54, 1.807) is 6.07 Å². The number of ether oxygens (including phenoxy) is 2. The van der Waals surface area contributed by atoms with Crippen molar-refractivity contribution in [3.05, 3.63) is 79.6 Å². The molecule has 2 aliphatic carbocycles. The summed E-state index contributed by atoms with van der Waals surface area (Å²) in [5, 5.41) is 9.74. The van der Waals surface area contributed by atoms with Gasteiger partial charge in [0.1, 0.15) is 6.61 Å². The fraction of sp³-hybridized carbons (Fsp3) is 0.387. The molecule has 0 fully saturated rings. The van der Waals surface area contributed by atoms with E-state index in [1.165, 1.54) is 0 Å². The Labute approximate surface area is 246 Å². The molecule has 0 unspecified atom stereocenters. The van der Waals surface area contributed by atoms with Gasteiger partial charge >= 0.3 is 5.97 Å².